The zero-order valence-corrected chi connectivity index (χ0v) is 24.3. The van der Waals surface area contributed by atoms with E-state index in [1.165, 1.54) is 12.1 Å². The smallest absolute Gasteiger partial charge is 0.261 e. The summed E-state index contributed by atoms with van der Waals surface area (Å²) >= 11 is 8.71. The molecule has 0 saturated heterocycles. The van der Waals surface area contributed by atoms with Crippen LogP contribution in [0.2, 0.25) is 0 Å². The van der Waals surface area contributed by atoms with Crippen molar-refractivity contribution in [3.05, 3.63) is 81.8 Å². The zero-order chi connectivity index (χ0) is 27.2. The molecule has 0 saturated carbocycles. The van der Waals surface area contributed by atoms with E-state index in [-0.39, 0.29) is 15.9 Å². The quantitative estimate of drug-likeness (QED) is 0.244. The van der Waals surface area contributed by atoms with E-state index >= 15 is 0 Å². The molecule has 0 heterocycles. The van der Waals surface area contributed by atoms with Crippen molar-refractivity contribution >= 4 is 60.6 Å². The number of carbonyl (C=O) groups excluding carboxylic acids is 1. The highest BCUT2D eigenvalue weighted by atomic mass is 79.9. The average Bonchev–Trinajstić information content (AvgIpc) is 2.79. The van der Waals surface area contributed by atoms with Gasteiger partial charge in [0.1, 0.15) is 5.75 Å². The number of amides is 1. The van der Waals surface area contributed by atoms with Crippen LogP contribution in [0.1, 0.15) is 41.8 Å². The SMILES string of the molecule is Cc1cc(C)cc(NS(=O)(=O)c2ccc(NC(=S)NC(=O)c3ccc(OCCC(C)C)c(Br)c3)cc2)c1. The highest BCUT2D eigenvalue weighted by Gasteiger charge is 2.15. The number of halogens is 1. The number of carbonyl (C=O) groups is 1. The van der Waals surface area contributed by atoms with Gasteiger partial charge in [0.2, 0.25) is 0 Å². The number of ether oxygens (including phenoxy) is 1. The molecule has 3 N–H and O–H groups in total. The van der Waals surface area contributed by atoms with Gasteiger partial charge >= 0.3 is 0 Å². The zero-order valence-electron chi connectivity index (χ0n) is 21.1. The third-order valence-electron chi connectivity index (χ3n) is 5.27. The van der Waals surface area contributed by atoms with Crippen molar-refractivity contribution in [1.29, 1.82) is 0 Å². The number of sulfonamides is 1. The van der Waals surface area contributed by atoms with Crippen LogP contribution < -0.4 is 20.1 Å². The molecule has 196 valence electrons. The molecular weight excluding hydrogens is 574 g/mol. The van der Waals surface area contributed by atoms with E-state index in [9.17, 15) is 13.2 Å². The molecule has 3 aromatic carbocycles. The second-order valence-corrected chi connectivity index (χ2v) is 12.0. The molecule has 0 unspecified atom stereocenters. The van der Waals surface area contributed by atoms with Crippen LogP contribution in [0.25, 0.3) is 0 Å². The first-order valence-corrected chi connectivity index (χ1v) is 14.4. The van der Waals surface area contributed by atoms with Gasteiger partial charge in [-0.25, -0.2) is 8.42 Å². The lowest BCUT2D eigenvalue weighted by Crippen LogP contribution is -2.34. The summed E-state index contributed by atoms with van der Waals surface area (Å²) < 4.78 is 34.6. The van der Waals surface area contributed by atoms with Gasteiger partial charge in [0.25, 0.3) is 15.9 Å². The van der Waals surface area contributed by atoms with Gasteiger partial charge in [-0.15, -0.1) is 0 Å². The molecule has 10 heteroatoms. The fourth-order valence-electron chi connectivity index (χ4n) is 3.47. The highest BCUT2D eigenvalue weighted by molar-refractivity contribution is 9.10. The van der Waals surface area contributed by atoms with Crippen LogP contribution in [0, 0.1) is 19.8 Å². The Morgan fingerprint density at radius 2 is 1.62 bits per heavy atom. The molecule has 0 aliphatic heterocycles. The molecule has 0 bridgehead atoms. The first kappa shape index (κ1) is 28.6. The Kier molecular flexibility index (Phi) is 9.69. The summed E-state index contributed by atoms with van der Waals surface area (Å²) in [6.07, 6.45) is 0.935. The molecule has 0 atom stereocenters. The van der Waals surface area contributed by atoms with Crippen molar-refractivity contribution in [1.82, 2.24) is 5.32 Å². The van der Waals surface area contributed by atoms with Gasteiger partial charge in [0, 0.05) is 16.9 Å². The lowest BCUT2D eigenvalue weighted by Gasteiger charge is -2.13. The monoisotopic (exact) mass is 603 g/mol. The van der Waals surface area contributed by atoms with Crippen LogP contribution in [0.15, 0.2) is 70.0 Å². The predicted octanol–water partition coefficient (Wildman–Crippen LogP) is 6.42. The normalized spacial score (nSPS) is 11.2. The maximum Gasteiger partial charge on any atom is 0.261 e. The molecule has 0 spiro atoms. The average molecular weight is 605 g/mol. The van der Waals surface area contributed by atoms with Crippen LogP contribution >= 0.6 is 28.1 Å². The number of nitrogens with one attached hydrogen (secondary N) is 3. The molecule has 0 aliphatic carbocycles. The molecule has 0 radical (unpaired) electrons. The summed E-state index contributed by atoms with van der Waals surface area (Å²) in [6, 6.07) is 16.7. The molecule has 37 heavy (non-hydrogen) atoms. The Labute approximate surface area is 232 Å². The van der Waals surface area contributed by atoms with Crippen LogP contribution in [0.5, 0.6) is 5.75 Å². The van der Waals surface area contributed by atoms with Crippen LogP contribution in [0.3, 0.4) is 0 Å². The van der Waals surface area contributed by atoms with Gasteiger partial charge in [0.15, 0.2) is 5.11 Å². The number of rotatable bonds is 9. The van der Waals surface area contributed by atoms with Crippen LogP contribution in [-0.4, -0.2) is 26.0 Å². The minimum Gasteiger partial charge on any atom is -0.492 e. The standard InChI is InChI=1S/C27H30BrN3O4S2/c1-17(2)11-12-35-25-10-5-20(16-24(25)28)26(32)30-27(36)29-21-6-8-23(9-7-21)37(33,34)31-22-14-18(3)13-19(4)15-22/h5-10,13-17,31H,11-12H2,1-4H3,(H2,29,30,32,36). The molecule has 3 rings (SSSR count). The summed E-state index contributed by atoms with van der Waals surface area (Å²) in [6.45, 7) is 8.67. The van der Waals surface area contributed by atoms with Gasteiger partial charge in [-0.3, -0.25) is 14.8 Å². The fourth-order valence-corrected chi connectivity index (χ4v) is 5.21. The Hall–Kier alpha value is -2.95. The van der Waals surface area contributed by atoms with E-state index in [1.54, 1.807) is 42.5 Å². The van der Waals surface area contributed by atoms with E-state index in [1.807, 2.05) is 19.9 Å². The second-order valence-electron chi connectivity index (χ2n) is 9.09. The number of aryl methyl sites for hydroxylation is 2. The van der Waals surface area contributed by atoms with E-state index < -0.39 is 10.0 Å². The van der Waals surface area contributed by atoms with Gasteiger partial charge in [-0.2, -0.15) is 0 Å². The number of anilines is 2. The van der Waals surface area contributed by atoms with E-state index in [0.717, 1.165) is 17.5 Å². The summed E-state index contributed by atoms with van der Waals surface area (Å²) in [5.74, 6) is 0.821. The molecular formula is C27H30BrN3O4S2. The van der Waals surface area contributed by atoms with Gasteiger partial charge in [0.05, 0.1) is 16.0 Å². The maximum atomic E-state index is 12.8. The van der Waals surface area contributed by atoms with Crippen molar-refractivity contribution in [3.63, 3.8) is 0 Å². The van der Waals surface area contributed by atoms with Gasteiger partial charge in [-0.1, -0.05) is 19.9 Å². The molecule has 3 aromatic rings. The van der Waals surface area contributed by atoms with Crippen molar-refractivity contribution in [2.75, 3.05) is 16.6 Å². The Morgan fingerprint density at radius 1 is 0.973 bits per heavy atom. The first-order chi connectivity index (χ1) is 17.4. The Balaban J connectivity index is 1.58. The lowest BCUT2D eigenvalue weighted by molar-refractivity contribution is 0.0977. The number of hydrogen-bond donors (Lipinski definition) is 3. The lowest BCUT2D eigenvalue weighted by atomic mass is 10.1. The summed E-state index contributed by atoms with van der Waals surface area (Å²) in [5.41, 5.74) is 3.37. The molecule has 0 aliphatic rings. The van der Waals surface area contributed by atoms with Crippen molar-refractivity contribution in [2.45, 2.75) is 39.0 Å². The van der Waals surface area contributed by atoms with E-state index in [0.29, 0.717) is 39.7 Å². The van der Waals surface area contributed by atoms with E-state index in [2.05, 4.69) is 45.1 Å². The maximum absolute atomic E-state index is 12.8. The van der Waals surface area contributed by atoms with Crippen molar-refractivity contribution < 1.29 is 17.9 Å². The second kappa shape index (κ2) is 12.5. The summed E-state index contributed by atoms with van der Waals surface area (Å²) in [4.78, 5) is 12.7. The van der Waals surface area contributed by atoms with Gasteiger partial charge in [-0.05, 0) is 120 Å². The number of benzene rings is 3. The number of hydrogen-bond acceptors (Lipinski definition) is 5. The van der Waals surface area contributed by atoms with Crippen LogP contribution in [-0.2, 0) is 10.0 Å². The summed E-state index contributed by atoms with van der Waals surface area (Å²) in [7, 11) is -3.76. The van der Waals surface area contributed by atoms with Gasteiger partial charge < -0.3 is 10.1 Å². The highest BCUT2D eigenvalue weighted by Crippen LogP contribution is 2.26. The molecule has 0 aromatic heterocycles. The fraction of sp³-hybridized carbons (Fsp3) is 0.259. The topological polar surface area (TPSA) is 96.5 Å². The Morgan fingerprint density at radius 3 is 2.22 bits per heavy atom. The molecule has 7 nitrogen and oxygen atoms in total. The largest absolute Gasteiger partial charge is 0.492 e. The van der Waals surface area contributed by atoms with E-state index in [4.69, 9.17) is 17.0 Å². The third kappa shape index (κ3) is 8.55. The summed E-state index contributed by atoms with van der Waals surface area (Å²) in [5, 5.41) is 5.61. The Bertz CT molecular complexity index is 1370. The minimum atomic E-state index is -3.76. The predicted molar refractivity (Wildman–Crippen MR) is 156 cm³/mol. The van der Waals surface area contributed by atoms with Crippen molar-refractivity contribution in [3.8, 4) is 5.75 Å². The minimum absolute atomic E-state index is 0.0855. The molecule has 0 fully saturated rings. The van der Waals surface area contributed by atoms with Crippen molar-refractivity contribution in [2.24, 2.45) is 5.92 Å². The molecule has 1 amide bonds. The number of thiocarbonyl (C=S) groups is 1. The first-order valence-electron chi connectivity index (χ1n) is 11.7. The van der Waals surface area contributed by atoms with Crippen LogP contribution in [0.4, 0.5) is 11.4 Å². The third-order valence-corrected chi connectivity index (χ3v) is 7.49.